The second-order valence-electron chi connectivity index (χ2n) is 5.18. The van der Waals surface area contributed by atoms with Gasteiger partial charge in [0.05, 0.1) is 5.25 Å². The molecule has 3 aromatic rings. The molecule has 1 aromatic carbocycles. The van der Waals surface area contributed by atoms with Crippen molar-refractivity contribution in [3.05, 3.63) is 65.7 Å². The Morgan fingerprint density at radius 3 is 2.73 bits per heavy atom. The summed E-state index contributed by atoms with van der Waals surface area (Å²) < 4.78 is 2.11. The third-order valence-electron chi connectivity index (χ3n) is 3.62. The molecule has 0 spiro atoms. The third kappa shape index (κ3) is 2.76. The van der Waals surface area contributed by atoms with Gasteiger partial charge >= 0.3 is 0 Å². The van der Waals surface area contributed by atoms with Crippen LogP contribution < -0.4 is 0 Å². The highest BCUT2D eigenvalue weighted by Gasteiger charge is 2.20. The first kappa shape index (κ1) is 14.8. The van der Waals surface area contributed by atoms with E-state index in [0.717, 1.165) is 29.3 Å². The van der Waals surface area contributed by atoms with Crippen LogP contribution >= 0.6 is 12.6 Å². The Bertz CT molecular complexity index is 767. The van der Waals surface area contributed by atoms with E-state index in [1.165, 1.54) is 5.56 Å². The number of nitrogens with zero attached hydrogens (tertiary/aromatic N) is 4. The minimum atomic E-state index is -0.139. The summed E-state index contributed by atoms with van der Waals surface area (Å²) in [5.74, 6) is 1.72. The minimum Gasteiger partial charge on any atom is -0.310 e. The zero-order valence-corrected chi connectivity index (χ0v) is 13.5. The molecule has 1 unspecified atom stereocenters. The molecule has 1 atom stereocenters. The first-order chi connectivity index (χ1) is 10.7. The van der Waals surface area contributed by atoms with Crippen molar-refractivity contribution in [2.24, 2.45) is 0 Å². The Balaban J connectivity index is 2.04. The molecule has 3 rings (SSSR count). The SMILES string of the molecule is CCn1c(-c2cccc(C)c2)nnc1C(S)c1cccnc1. The molecule has 0 radical (unpaired) electrons. The van der Waals surface area contributed by atoms with Crippen LogP contribution in [-0.4, -0.2) is 19.7 Å². The molecule has 0 aliphatic heterocycles. The second kappa shape index (κ2) is 6.32. The number of hydrogen-bond donors (Lipinski definition) is 1. The lowest BCUT2D eigenvalue weighted by Crippen LogP contribution is -2.07. The van der Waals surface area contributed by atoms with E-state index < -0.39 is 0 Å². The zero-order valence-electron chi connectivity index (χ0n) is 12.6. The van der Waals surface area contributed by atoms with Gasteiger partial charge in [0.1, 0.15) is 0 Å². The number of pyridine rings is 1. The number of rotatable bonds is 4. The van der Waals surface area contributed by atoms with E-state index in [-0.39, 0.29) is 5.25 Å². The van der Waals surface area contributed by atoms with Gasteiger partial charge in [-0.1, -0.05) is 29.8 Å². The molecular formula is C17H18N4S. The second-order valence-corrected chi connectivity index (χ2v) is 5.70. The summed E-state index contributed by atoms with van der Waals surface area (Å²) in [7, 11) is 0. The maximum absolute atomic E-state index is 4.72. The number of benzene rings is 1. The van der Waals surface area contributed by atoms with E-state index in [1.54, 1.807) is 6.20 Å². The lowest BCUT2D eigenvalue weighted by atomic mass is 10.1. The molecule has 5 heteroatoms. The Hall–Kier alpha value is -2.14. The van der Waals surface area contributed by atoms with Gasteiger partial charge in [-0.25, -0.2) is 0 Å². The van der Waals surface area contributed by atoms with Crippen LogP contribution in [0.1, 0.15) is 29.1 Å². The van der Waals surface area contributed by atoms with Gasteiger partial charge in [0.25, 0.3) is 0 Å². The third-order valence-corrected chi connectivity index (χ3v) is 4.15. The van der Waals surface area contributed by atoms with Crippen molar-refractivity contribution in [2.45, 2.75) is 25.6 Å². The number of thiol groups is 1. The molecule has 0 aliphatic carbocycles. The van der Waals surface area contributed by atoms with Crippen LogP contribution in [0.15, 0.2) is 48.8 Å². The van der Waals surface area contributed by atoms with Crippen LogP contribution in [-0.2, 0) is 6.54 Å². The van der Waals surface area contributed by atoms with Crippen molar-refractivity contribution in [3.63, 3.8) is 0 Å². The average molecular weight is 310 g/mol. The molecule has 0 N–H and O–H groups in total. The zero-order chi connectivity index (χ0) is 15.5. The summed E-state index contributed by atoms with van der Waals surface area (Å²) in [4.78, 5) is 4.16. The van der Waals surface area contributed by atoms with E-state index in [2.05, 4.69) is 51.8 Å². The Kier molecular flexibility index (Phi) is 4.24. The van der Waals surface area contributed by atoms with Crippen LogP contribution in [0.25, 0.3) is 11.4 Å². The van der Waals surface area contributed by atoms with E-state index in [1.807, 2.05) is 24.4 Å². The molecule has 0 aliphatic rings. The Morgan fingerprint density at radius 2 is 2.05 bits per heavy atom. The van der Waals surface area contributed by atoms with Gasteiger partial charge in [-0.05, 0) is 31.5 Å². The number of aromatic nitrogens is 4. The van der Waals surface area contributed by atoms with E-state index in [9.17, 15) is 0 Å². The van der Waals surface area contributed by atoms with Gasteiger partial charge in [-0.3, -0.25) is 4.98 Å². The highest BCUT2D eigenvalue weighted by atomic mass is 32.1. The summed E-state index contributed by atoms with van der Waals surface area (Å²) in [5, 5.41) is 8.63. The molecule has 2 aromatic heterocycles. The van der Waals surface area contributed by atoms with Gasteiger partial charge in [0.15, 0.2) is 11.6 Å². The molecule has 0 saturated carbocycles. The quantitative estimate of drug-likeness (QED) is 0.747. The monoisotopic (exact) mass is 310 g/mol. The van der Waals surface area contributed by atoms with Crippen LogP contribution in [0.2, 0.25) is 0 Å². The van der Waals surface area contributed by atoms with Gasteiger partial charge in [0.2, 0.25) is 0 Å². The lowest BCUT2D eigenvalue weighted by molar-refractivity contribution is 0.715. The summed E-state index contributed by atoms with van der Waals surface area (Å²) in [6.45, 7) is 4.97. The summed E-state index contributed by atoms with van der Waals surface area (Å²) in [6, 6.07) is 12.2. The maximum atomic E-state index is 4.72. The highest BCUT2D eigenvalue weighted by molar-refractivity contribution is 7.80. The van der Waals surface area contributed by atoms with Crippen LogP contribution in [0.3, 0.4) is 0 Å². The van der Waals surface area contributed by atoms with E-state index in [4.69, 9.17) is 12.6 Å². The smallest absolute Gasteiger partial charge is 0.163 e. The van der Waals surface area contributed by atoms with Crippen molar-refractivity contribution in [1.82, 2.24) is 19.7 Å². The number of hydrogen-bond acceptors (Lipinski definition) is 4. The Morgan fingerprint density at radius 1 is 1.18 bits per heavy atom. The van der Waals surface area contributed by atoms with Gasteiger partial charge in [0, 0.05) is 24.5 Å². The highest BCUT2D eigenvalue weighted by Crippen LogP contribution is 2.29. The predicted molar refractivity (Wildman–Crippen MR) is 90.9 cm³/mol. The van der Waals surface area contributed by atoms with Crippen molar-refractivity contribution < 1.29 is 0 Å². The van der Waals surface area contributed by atoms with Crippen molar-refractivity contribution in [2.75, 3.05) is 0 Å². The number of aryl methyl sites for hydroxylation is 1. The van der Waals surface area contributed by atoms with E-state index >= 15 is 0 Å². The van der Waals surface area contributed by atoms with Gasteiger partial charge < -0.3 is 4.57 Å². The predicted octanol–water partition coefficient (Wildman–Crippen LogP) is 3.69. The summed E-state index contributed by atoms with van der Waals surface area (Å²) in [6.07, 6.45) is 3.57. The molecular weight excluding hydrogens is 292 g/mol. The fourth-order valence-corrected chi connectivity index (χ4v) is 2.86. The standard InChI is InChI=1S/C17H18N4S/c1-3-21-16(13-7-4-6-12(2)10-13)19-20-17(21)15(22)14-8-5-9-18-11-14/h4-11,15,22H,3H2,1-2H3. The molecule has 0 fully saturated rings. The van der Waals surface area contributed by atoms with Crippen LogP contribution in [0.4, 0.5) is 0 Å². The fourth-order valence-electron chi connectivity index (χ4n) is 2.51. The van der Waals surface area contributed by atoms with Gasteiger partial charge in [-0.15, -0.1) is 10.2 Å². The molecule has 0 saturated heterocycles. The first-order valence-electron chi connectivity index (χ1n) is 7.29. The molecule has 0 bridgehead atoms. The molecule has 0 amide bonds. The van der Waals surface area contributed by atoms with Crippen molar-refractivity contribution in [1.29, 1.82) is 0 Å². The first-order valence-corrected chi connectivity index (χ1v) is 7.80. The molecule has 2 heterocycles. The average Bonchev–Trinajstić information content (AvgIpc) is 2.99. The van der Waals surface area contributed by atoms with Crippen LogP contribution in [0.5, 0.6) is 0 Å². The minimum absolute atomic E-state index is 0.139. The maximum Gasteiger partial charge on any atom is 0.163 e. The molecule has 22 heavy (non-hydrogen) atoms. The van der Waals surface area contributed by atoms with Crippen molar-refractivity contribution >= 4 is 12.6 Å². The largest absolute Gasteiger partial charge is 0.310 e. The van der Waals surface area contributed by atoms with Crippen LogP contribution in [0, 0.1) is 6.92 Å². The summed E-state index contributed by atoms with van der Waals surface area (Å²) in [5.41, 5.74) is 3.30. The van der Waals surface area contributed by atoms with Gasteiger partial charge in [-0.2, -0.15) is 12.6 Å². The lowest BCUT2D eigenvalue weighted by Gasteiger charge is -2.13. The summed E-state index contributed by atoms with van der Waals surface area (Å²) >= 11 is 4.72. The molecule has 4 nitrogen and oxygen atoms in total. The topological polar surface area (TPSA) is 43.6 Å². The van der Waals surface area contributed by atoms with E-state index in [0.29, 0.717) is 0 Å². The molecule has 112 valence electrons. The van der Waals surface area contributed by atoms with Crippen molar-refractivity contribution in [3.8, 4) is 11.4 Å². The Labute approximate surface area is 135 Å². The normalized spacial score (nSPS) is 12.3. The fraction of sp³-hybridized carbons (Fsp3) is 0.235.